The monoisotopic (exact) mass is 642 g/mol. The zero-order valence-electron chi connectivity index (χ0n) is 24.0. The first kappa shape index (κ1) is 36.6. The van der Waals surface area contributed by atoms with Gasteiger partial charge in [0.15, 0.2) is 0 Å². The minimum Gasteiger partial charge on any atom is -0.481 e. The molecule has 0 saturated carbocycles. The molecule has 0 saturated heterocycles. The molecule has 9 heteroatoms. The highest BCUT2D eigenvalue weighted by atomic mass is 32.1. The number of hydrogen-bond donors (Lipinski definition) is 3. The summed E-state index contributed by atoms with van der Waals surface area (Å²) in [6.07, 6.45) is 7.88. The van der Waals surface area contributed by atoms with Crippen molar-refractivity contribution in [3.63, 3.8) is 0 Å². The molecule has 2 aromatic carbocycles. The van der Waals surface area contributed by atoms with Crippen molar-refractivity contribution in [3.8, 4) is 0 Å². The molecule has 1 amide bonds. The lowest BCUT2D eigenvalue weighted by atomic mass is 10.0. The number of aliphatic carboxylic acids is 1. The third kappa shape index (κ3) is 11.4. The van der Waals surface area contributed by atoms with Crippen molar-refractivity contribution in [3.05, 3.63) is 118 Å². The predicted octanol–water partition coefficient (Wildman–Crippen LogP) is 9.84. The van der Waals surface area contributed by atoms with E-state index in [1.54, 1.807) is 35.1 Å². The molecule has 0 aliphatic rings. The Hall–Kier alpha value is -4.60. The highest BCUT2D eigenvalue weighted by Crippen LogP contribution is 2.24. The van der Waals surface area contributed by atoms with Crippen molar-refractivity contribution in [2.45, 2.75) is 53.4 Å². The smallest absolute Gasteiger partial charge is 0.303 e. The molecule has 6 rings (SSSR count). The number of nitrogens with two attached hydrogens (primary N) is 1. The molecule has 4 aromatic heterocycles. The first-order valence-electron chi connectivity index (χ1n) is 13.8. The zero-order valence-corrected chi connectivity index (χ0v) is 25.6. The fourth-order valence-electron chi connectivity index (χ4n) is 4.36. The minimum atomic E-state index is -0.733. The molecule has 0 aliphatic heterocycles. The van der Waals surface area contributed by atoms with Gasteiger partial charge < -0.3 is 16.2 Å². The normalized spacial score (nSPS) is 11.3. The Morgan fingerprint density at radius 1 is 0.756 bits per heavy atom. The molecule has 4 heterocycles. The van der Waals surface area contributed by atoms with Gasteiger partial charge in [-0.2, -0.15) is 22.7 Å². The number of thiophene rings is 2. The highest BCUT2D eigenvalue weighted by Gasteiger charge is 2.12. The Bertz CT molecular complexity index is 1760. The molecule has 6 aromatic rings. The Labute approximate surface area is 273 Å². The molecule has 4 N–H and O–H groups in total. The molecule has 0 spiro atoms. The number of carboxylic acids is 1. The maximum absolute atomic E-state index is 12.1. The van der Waals surface area contributed by atoms with Crippen molar-refractivity contribution in [1.82, 2.24) is 9.97 Å². The number of carbonyl (C=O) groups is 2. The molecular formula is C36H42N4O3S2. The number of pyridine rings is 2. The predicted molar refractivity (Wildman–Crippen MR) is 192 cm³/mol. The van der Waals surface area contributed by atoms with E-state index in [2.05, 4.69) is 33.7 Å². The number of anilines is 2. The summed E-state index contributed by atoms with van der Waals surface area (Å²) in [7, 11) is 0. The number of rotatable bonds is 7. The van der Waals surface area contributed by atoms with Crippen LogP contribution in [0.25, 0.3) is 21.5 Å². The number of amides is 1. The number of fused-ring (bicyclic) bond motifs is 2. The SMILES string of the molecule is C.C.CC(CC(=O)Nc1ccc2cnccc2c1)c1ccsc1.CC(CC(=O)O)c1ccsc1.Nc1ccc2cnccc2c1. The zero-order chi connectivity index (χ0) is 30.6. The van der Waals surface area contributed by atoms with Crippen LogP contribution in [-0.2, 0) is 9.59 Å². The van der Waals surface area contributed by atoms with Gasteiger partial charge in [-0.25, -0.2) is 0 Å². The van der Waals surface area contributed by atoms with Crippen LogP contribution in [0.2, 0.25) is 0 Å². The van der Waals surface area contributed by atoms with Gasteiger partial charge in [0.25, 0.3) is 0 Å². The number of nitrogen functional groups attached to an aromatic ring is 1. The molecule has 2 atom stereocenters. The second kappa shape index (κ2) is 18.3. The molecule has 0 fully saturated rings. The lowest BCUT2D eigenvalue weighted by molar-refractivity contribution is -0.137. The van der Waals surface area contributed by atoms with Crippen molar-refractivity contribution in [2.75, 3.05) is 11.1 Å². The Balaban J connectivity index is 0.000000251. The Kier molecular flexibility index (Phi) is 14.9. The van der Waals surface area contributed by atoms with E-state index in [-0.39, 0.29) is 39.0 Å². The molecular weight excluding hydrogens is 601 g/mol. The second-order valence-corrected chi connectivity index (χ2v) is 11.7. The number of nitrogens with zero attached hydrogens (tertiary/aromatic N) is 2. The average Bonchev–Trinajstić information content (AvgIpc) is 3.73. The first-order valence-corrected chi connectivity index (χ1v) is 15.7. The van der Waals surface area contributed by atoms with E-state index in [0.717, 1.165) is 38.5 Å². The summed E-state index contributed by atoms with van der Waals surface area (Å²) in [6.45, 7) is 4.00. The maximum atomic E-state index is 12.1. The van der Waals surface area contributed by atoms with E-state index in [1.807, 2.05) is 90.1 Å². The van der Waals surface area contributed by atoms with Crippen molar-refractivity contribution in [1.29, 1.82) is 0 Å². The van der Waals surface area contributed by atoms with Crippen LogP contribution in [0.5, 0.6) is 0 Å². The standard InChI is InChI=1S/C17H16N2OS.C9H8N2.C8H10O2S.2CH4/c1-12(15-5-7-21-11-15)8-17(20)19-16-3-2-14-10-18-6-4-13(14)9-16;10-9-2-1-8-6-11-4-3-7(8)5-9;1-6(4-8(9)10)7-2-3-11-5-7;;/h2-7,9-12H,8H2,1H3,(H,19,20);1-6H,10H2;2-3,5-6H,4H2,1H3,(H,9,10);2*1H4. The van der Waals surface area contributed by atoms with Gasteiger partial charge in [0.1, 0.15) is 0 Å². The van der Waals surface area contributed by atoms with Gasteiger partial charge in [-0.1, -0.05) is 40.8 Å². The quantitative estimate of drug-likeness (QED) is 0.149. The number of carbonyl (C=O) groups excluding carboxylic acids is 1. The van der Waals surface area contributed by atoms with Crippen LogP contribution in [0.4, 0.5) is 11.4 Å². The van der Waals surface area contributed by atoms with E-state index in [4.69, 9.17) is 10.8 Å². The van der Waals surface area contributed by atoms with Crippen LogP contribution < -0.4 is 11.1 Å². The van der Waals surface area contributed by atoms with Gasteiger partial charge in [-0.3, -0.25) is 19.6 Å². The third-order valence-electron chi connectivity index (χ3n) is 6.79. The van der Waals surface area contributed by atoms with E-state index in [9.17, 15) is 9.59 Å². The molecule has 236 valence electrons. The summed E-state index contributed by atoms with van der Waals surface area (Å²) < 4.78 is 0. The van der Waals surface area contributed by atoms with Crippen molar-refractivity contribution in [2.24, 2.45) is 0 Å². The van der Waals surface area contributed by atoms with Gasteiger partial charge in [-0.05, 0) is 104 Å². The molecule has 45 heavy (non-hydrogen) atoms. The van der Waals surface area contributed by atoms with E-state index >= 15 is 0 Å². The minimum absolute atomic E-state index is 0. The van der Waals surface area contributed by atoms with Crippen molar-refractivity contribution < 1.29 is 14.7 Å². The van der Waals surface area contributed by atoms with E-state index < -0.39 is 5.97 Å². The average molecular weight is 643 g/mol. The largest absolute Gasteiger partial charge is 0.481 e. The number of carboxylic acid groups (broad SMARTS) is 1. The topological polar surface area (TPSA) is 118 Å². The Morgan fingerprint density at radius 2 is 1.29 bits per heavy atom. The third-order valence-corrected chi connectivity index (χ3v) is 8.19. The second-order valence-electron chi connectivity index (χ2n) is 10.2. The number of aromatic nitrogens is 2. The molecule has 0 aliphatic carbocycles. The van der Waals surface area contributed by atoms with Crippen LogP contribution in [0.3, 0.4) is 0 Å². The van der Waals surface area contributed by atoms with Gasteiger partial charge in [0, 0.05) is 53.4 Å². The molecule has 0 bridgehead atoms. The van der Waals surface area contributed by atoms with E-state index in [1.165, 1.54) is 5.56 Å². The van der Waals surface area contributed by atoms with Crippen LogP contribution in [0.1, 0.15) is 64.5 Å². The summed E-state index contributed by atoms with van der Waals surface area (Å²) in [5.41, 5.74) is 9.57. The van der Waals surface area contributed by atoms with E-state index in [0.29, 0.717) is 6.42 Å². The van der Waals surface area contributed by atoms with Crippen LogP contribution >= 0.6 is 22.7 Å². The van der Waals surface area contributed by atoms with Crippen LogP contribution in [0.15, 0.2) is 107 Å². The van der Waals surface area contributed by atoms with Gasteiger partial charge in [-0.15, -0.1) is 0 Å². The number of hydrogen-bond acceptors (Lipinski definition) is 7. The highest BCUT2D eigenvalue weighted by molar-refractivity contribution is 7.08. The van der Waals surface area contributed by atoms with Gasteiger partial charge in [0.05, 0.1) is 6.42 Å². The summed E-state index contributed by atoms with van der Waals surface area (Å²) in [5, 5.41) is 24.0. The lowest BCUT2D eigenvalue weighted by Crippen LogP contribution is -2.14. The molecule has 7 nitrogen and oxygen atoms in total. The maximum Gasteiger partial charge on any atom is 0.303 e. The molecule has 2 unspecified atom stereocenters. The van der Waals surface area contributed by atoms with Gasteiger partial charge >= 0.3 is 5.97 Å². The summed E-state index contributed by atoms with van der Waals surface area (Å²) in [4.78, 5) is 30.5. The fraction of sp³-hybridized carbons (Fsp3) is 0.222. The Morgan fingerprint density at radius 3 is 1.82 bits per heavy atom. The summed E-state index contributed by atoms with van der Waals surface area (Å²) in [5.74, 6) is -0.314. The number of benzene rings is 2. The first-order chi connectivity index (χ1) is 20.8. The lowest BCUT2D eigenvalue weighted by Gasteiger charge is -2.11. The summed E-state index contributed by atoms with van der Waals surface area (Å²) in [6, 6.07) is 19.6. The fourth-order valence-corrected chi connectivity index (χ4v) is 5.93. The number of nitrogens with one attached hydrogen (secondary N) is 1. The van der Waals surface area contributed by atoms with Crippen LogP contribution in [-0.4, -0.2) is 27.0 Å². The van der Waals surface area contributed by atoms with Crippen LogP contribution in [0, 0.1) is 0 Å². The van der Waals surface area contributed by atoms with Crippen molar-refractivity contribution >= 4 is 67.5 Å². The van der Waals surface area contributed by atoms with Gasteiger partial charge in [0.2, 0.25) is 5.91 Å². The molecule has 0 radical (unpaired) electrons. The summed E-state index contributed by atoms with van der Waals surface area (Å²) >= 11 is 3.26.